The average Bonchev–Trinajstić information content (AvgIpc) is 3.11. The molecule has 4 amide bonds. The van der Waals surface area contributed by atoms with E-state index in [2.05, 4.69) is 31.4 Å². The van der Waals surface area contributed by atoms with Crippen molar-refractivity contribution in [3.05, 3.63) is 9.81 Å². The molecule has 0 radical (unpaired) electrons. The molecule has 2 N–H and O–H groups in total. The third-order valence-corrected chi connectivity index (χ3v) is 7.11. The molecule has 4 heterocycles. The predicted octanol–water partition coefficient (Wildman–Crippen LogP) is -0.618. The molecule has 2 saturated heterocycles. The number of fused-ring (bicyclic) bond motifs is 2. The van der Waals surface area contributed by atoms with E-state index >= 15 is 0 Å². The second-order valence-corrected chi connectivity index (χ2v) is 8.88. The Morgan fingerprint density at radius 1 is 0.733 bits per heavy atom. The van der Waals surface area contributed by atoms with E-state index in [0.717, 1.165) is 31.8 Å². The smallest absolute Gasteiger partial charge is 0.301 e. The molecule has 4 aliphatic heterocycles. The summed E-state index contributed by atoms with van der Waals surface area (Å²) < 4.78 is 0. The van der Waals surface area contributed by atoms with Crippen LogP contribution in [0.1, 0.15) is 0 Å². The number of amides is 4. The van der Waals surface area contributed by atoms with Gasteiger partial charge in [-0.2, -0.15) is 0 Å². The van der Waals surface area contributed by atoms with Crippen LogP contribution in [0.5, 0.6) is 0 Å². The van der Waals surface area contributed by atoms with Crippen LogP contribution in [0.15, 0.2) is 20.6 Å². The molecule has 0 aromatic heterocycles. The van der Waals surface area contributed by atoms with Crippen LogP contribution in [0.25, 0.3) is 0 Å². The minimum Gasteiger partial charge on any atom is -0.301 e. The fourth-order valence-corrected chi connectivity index (χ4v) is 5.24. The number of urea groups is 2. The van der Waals surface area contributed by atoms with Crippen LogP contribution in [0.3, 0.4) is 0 Å². The van der Waals surface area contributed by atoms with E-state index in [0.29, 0.717) is 10.3 Å². The Hall–Kier alpha value is -3.02. The predicted molar refractivity (Wildman–Crippen MR) is 109 cm³/mol. The van der Waals surface area contributed by atoms with Gasteiger partial charge in [0.2, 0.25) is 0 Å². The number of hydrazine groups is 2. The topological polar surface area (TPSA) is 161 Å². The summed E-state index contributed by atoms with van der Waals surface area (Å²) in [4.78, 5) is 61.3. The standard InChI is InChI=1S/C12H18N12O4S2/c1-19-5-7(21(3)11(19)25)23(17-27)15-9(13-5)29-30-10-14-6-8(24(16-10)18-28)22(4)12(26)20(6)2/h5-8H,1-4H3,(H,13,15)(H,14,16)/t5-,6+,7-,8+. The Balaban J connectivity index is 1.51. The fraction of sp³-hybridized carbons (Fsp3) is 0.667. The summed E-state index contributed by atoms with van der Waals surface area (Å²) in [6.45, 7) is 0. The van der Waals surface area contributed by atoms with Gasteiger partial charge in [0.1, 0.15) is 0 Å². The Morgan fingerprint density at radius 3 is 1.43 bits per heavy atom. The number of hydrogen-bond acceptors (Lipinski definition) is 12. The summed E-state index contributed by atoms with van der Waals surface area (Å²) in [5.41, 5.74) is 5.50. The van der Waals surface area contributed by atoms with Crippen LogP contribution in [-0.2, 0) is 0 Å². The van der Waals surface area contributed by atoms with Crippen molar-refractivity contribution in [3.8, 4) is 0 Å². The van der Waals surface area contributed by atoms with Crippen molar-refractivity contribution in [1.29, 1.82) is 0 Å². The highest BCUT2D eigenvalue weighted by Crippen LogP contribution is 2.34. The van der Waals surface area contributed by atoms with Gasteiger partial charge in [0.25, 0.3) is 0 Å². The summed E-state index contributed by atoms with van der Waals surface area (Å²) in [6.07, 6.45) is -2.61. The first-order chi connectivity index (χ1) is 14.3. The van der Waals surface area contributed by atoms with E-state index in [1.54, 1.807) is 28.2 Å². The van der Waals surface area contributed by atoms with Gasteiger partial charge in [-0.3, -0.25) is 10.9 Å². The molecule has 0 aromatic carbocycles. The van der Waals surface area contributed by atoms with Gasteiger partial charge >= 0.3 is 12.1 Å². The van der Waals surface area contributed by atoms with E-state index in [1.807, 2.05) is 0 Å². The molecule has 0 bridgehead atoms. The molecule has 0 aliphatic carbocycles. The van der Waals surface area contributed by atoms with Crippen molar-refractivity contribution >= 4 is 44.0 Å². The van der Waals surface area contributed by atoms with Gasteiger partial charge in [0.15, 0.2) is 35.0 Å². The van der Waals surface area contributed by atoms with E-state index in [9.17, 15) is 19.4 Å². The molecule has 4 atom stereocenters. The molecule has 4 rings (SSSR count). The number of nitroso groups, excluding NO2 is 2. The van der Waals surface area contributed by atoms with Gasteiger partial charge in [-0.05, 0) is 21.6 Å². The Kier molecular flexibility index (Phi) is 4.96. The van der Waals surface area contributed by atoms with E-state index in [1.165, 1.54) is 19.6 Å². The average molecular weight is 458 g/mol. The Labute approximate surface area is 177 Å². The third-order valence-electron chi connectivity index (χ3n) is 5.12. The highest BCUT2D eigenvalue weighted by molar-refractivity contribution is 8.87. The van der Waals surface area contributed by atoms with E-state index in [-0.39, 0.29) is 12.1 Å². The maximum absolute atomic E-state index is 12.2. The zero-order valence-corrected chi connectivity index (χ0v) is 17.9. The summed E-state index contributed by atoms with van der Waals surface area (Å²) >= 11 is 0. The lowest BCUT2D eigenvalue weighted by atomic mass is 10.4. The molecule has 0 saturated carbocycles. The van der Waals surface area contributed by atoms with Crippen molar-refractivity contribution in [3.63, 3.8) is 0 Å². The number of likely N-dealkylation sites (N-methyl/N-ethyl adjacent to an activating group) is 4. The number of nitrogens with zero attached hydrogens (tertiary/aromatic N) is 10. The van der Waals surface area contributed by atoms with Crippen molar-refractivity contribution in [1.82, 2.24) is 40.7 Å². The largest absolute Gasteiger partial charge is 0.323 e. The van der Waals surface area contributed by atoms with Crippen molar-refractivity contribution < 1.29 is 9.59 Å². The summed E-state index contributed by atoms with van der Waals surface area (Å²) in [7, 11) is 8.49. The van der Waals surface area contributed by atoms with Crippen LogP contribution in [0.4, 0.5) is 9.59 Å². The lowest BCUT2D eigenvalue weighted by Gasteiger charge is -2.35. The van der Waals surface area contributed by atoms with Crippen LogP contribution >= 0.6 is 21.6 Å². The summed E-state index contributed by atoms with van der Waals surface area (Å²) in [5.74, 6) is 0. The van der Waals surface area contributed by atoms with Gasteiger partial charge in [0, 0.05) is 28.2 Å². The number of hydrogen-bond donors (Lipinski definition) is 2. The van der Waals surface area contributed by atoms with Crippen molar-refractivity contribution in [2.24, 2.45) is 20.6 Å². The number of aliphatic imine (C=N–C) groups is 2. The van der Waals surface area contributed by atoms with Crippen molar-refractivity contribution in [2.45, 2.75) is 24.7 Å². The number of rotatable bonds is 2. The Bertz CT molecular complexity index is 787. The lowest BCUT2D eigenvalue weighted by Crippen LogP contribution is -2.58. The SMILES string of the molecule is CN1C(=O)N(C)[C@@H]2[C@H]1N=C(SSC1=N[C@H]3[C@@H](N(N=O)N1)N(C)C(=O)N3C)NN2N=O. The summed E-state index contributed by atoms with van der Waals surface area (Å²) in [5, 5.41) is 8.53. The zero-order chi connectivity index (χ0) is 21.7. The minimum absolute atomic E-state index is 0.293. The molecular formula is C12H18N12O4S2. The molecule has 0 aromatic rings. The van der Waals surface area contributed by atoms with Crippen LogP contribution in [0, 0.1) is 9.81 Å². The number of amidine groups is 2. The number of nitrogens with one attached hydrogen (secondary N) is 2. The first-order valence-electron chi connectivity index (χ1n) is 8.56. The maximum atomic E-state index is 12.2. The fourth-order valence-electron chi connectivity index (χ4n) is 3.56. The van der Waals surface area contributed by atoms with E-state index < -0.39 is 24.7 Å². The lowest BCUT2D eigenvalue weighted by molar-refractivity contribution is 0.0538. The third kappa shape index (κ3) is 2.93. The molecule has 30 heavy (non-hydrogen) atoms. The van der Waals surface area contributed by atoms with Crippen molar-refractivity contribution in [2.75, 3.05) is 28.2 Å². The number of carbonyl (C=O) groups is 2. The number of carbonyl (C=O) groups excluding carboxylic acids is 2. The first-order valence-corrected chi connectivity index (χ1v) is 10.7. The van der Waals surface area contributed by atoms with Crippen LogP contribution in [-0.4, -0.2) is 105 Å². The zero-order valence-electron chi connectivity index (χ0n) is 16.2. The van der Waals surface area contributed by atoms with Gasteiger partial charge in [-0.15, -0.1) is 20.0 Å². The molecule has 16 nitrogen and oxygen atoms in total. The maximum Gasteiger partial charge on any atom is 0.323 e. The highest BCUT2D eigenvalue weighted by atomic mass is 33.1. The molecule has 2 fully saturated rings. The van der Waals surface area contributed by atoms with Gasteiger partial charge in [-0.25, -0.2) is 19.6 Å². The molecule has 162 valence electrons. The van der Waals surface area contributed by atoms with Gasteiger partial charge in [0.05, 0.1) is 10.6 Å². The first kappa shape index (κ1) is 20.3. The van der Waals surface area contributed by atoms with E-state index in [4.69, 9.17) is 0 Å². The van der Waals surface area contributed by atoms with Crippen LogP contribution < -0.4 is 10.9 Å². The molecular weight excluding hydrogens is 440 g/mol. The molecule has 4 aliphatic rings. The minimum atomic E-state index is -0.677. The molecule has 0 unspecified atom stereocenters. The monoisotopic (exact) mass is 458 g/mol. The molecule has 0 spiro atoms. The second-order valence-electron chi connectivity index (χ2n) is 6.77. The quantitative estimate of drug-likeness (QED) is 0.403. The molecule has 18 heteroatoms. The Morgan fingerprint density at radius 2 is 1.10 bits per heavy atom. The second kappa shape index (κ2) is 7.35. The normalized spacial score (nSPS) is 30.5. The van der Waals surface area contributed by atoms with Crippen LogP contribution in [0.2, 0.25) is 0 Å². The van der Waals surface area contributed by atoms with Gasteiger partial charge < -0.3 is 19.6 Å². The summed E-state index contributed by atoms with van der Waals surface area (Å²) in [6, 6.07) is -0.587. The van der Waals surface area contributed by atoms with Gasteiger partial charge in [-0.1, -0.05) is 0 Å². The highest BCUT2D eigenvalue weighted by Gasteiger charge is 2.50.